The molecule has 0 aromatic carbocycles. The Balaban J connectivity index is 5.16. The molecule has 0 spiro atoms. The van der Waals surface area contributed by atoms with E-state index in [1.807, 2.05) is 0 Å². The van der Waals surface area contributed by atoms with Crippen LogP contribution in [0.1, 0.15) is 61.3 Å². The van der Waals surface area contributed by atoms with Crippen molar-refractivity contribution in [1.82, 2.24) is 0 Å². The van der Waals surface area contributed by atoms with Crippen LogP contribution >= 0.6 is 6.89 Å². The quantitative estimate of drug-likeness (QED) is 0.577. The van der Waals surface area contributed by atoms with E-state index in [9.17, 15) is 0 Å². The fourth-order valence-corrected chi connectivity index (χ4v) is 8.32. The summed E-state index contributed by atoms with van der Waals surface area (Å²) in [5.41, 5.74) is 2.57. The number of unbranched alkanes of at least 4 members (excludes halogenated alkanes) is 1. The van der Waals surface area contributed by atoms with Gasteiger partial charge in [-0.15, -0.1) is 6.89 Å². The standard InChI is InChI=1S/C13H29P/c1-8-9-10-14(11(2)3,12(4)5)13(6)7/h10-13H,8-9H2,1-7H3. The van der Waals surface area contributed by atoms with Crippen LogP contribution in [0.2, 0.25) is 0 Å². The molecule has 0 saturated heterocycles. The van der Waals surface area contributed by atoms with Gasteiger partial charge in [0, 0.05) is 0 Å². The van der Waals surface area contributed by atoms with Crippen molar-refractivity contribution in [3.8, 4) is 0 Å². The molecule has 14 heavy (non-hydrogen) atoms. The third kappa shape index (κ3) is 2.89. The van der Waals surface area contributed by atoms with E-state index in [-0.39, 0.29) is 0 Å². The molecule has 0 rings (SSSR count). The predicted octanol–water partition coefficient (Wildman–Crippen LogP) is 4.83. The summed E-state index contributed by atoms with van der Waals surface area (Å²) in [5, 5.41) is 0. The van der Waals surface area contributed by atoms with Gasteiger partial charge in [0.05, 0.1) is 0 Å². The van der Waals surface area contributed by atoms with Crippen LogP contribution in [0.5, 0.6) is 0 Å². The van der Waals surface area contributed by atoms with Crippen molar-refractivity contribution in [2.24, 2.45) is 0 Å². The van der Waals surface area contributed by atoms with Gasteiger partial charge in [0.1, 0.15) is 0 Å². The topological polar surface area (TPSA) is 0 Å². The minimum Gasteiger partial charge on any atom is -0.102 e. The van der Waals surface area contributed by atoms with E-state index < -0.39 is 6.89 Å². The van der Waals surface area contributed by atoms with Gasteiger partial charge in [0.25, 0.3) is 0 Å². The number of rotatable bonds is 5. The van der Waals surface area contributed by atoms with Crippen LogP contribution in [0, 0.1) is 0 Å². The molecule has 0 unspecified atom stereocenters. The lowest BCUT2D eigenvalue weighted by Crippen LogP contribution is -2.18. The van der Waals surface area contributed by atoms with Gasteiger partial charge in [-0.3, -0.25) is 0 Å². The third-order valence-corrected chi connectivity index (χ3v) is 9.67. The van der Waals surface area contributed by atoms with Crippen molar-refractivity contribution in [1.29, 1.82) is 0 Å². The highest BCUT2D eigenvalue weighted by Crippen LogP contribution is 2.60. The zero-order valence-corrected chi connectivity index (χ0v) is 12.1. The molecule has 0 aliphatic heterocycles. The number of hydrogen-bond donors (Lipinski definition) is 0. The van der Waals surface area contributed by atoms with E-state index in [0.29, 0.717) is 0 Å². The molecule has 0 aromatic rings. The molecule has 0 atom stereocenters. The van der Waals surface area contributed by atoms with E-state index in [2.05, 4.69) is 54.3 Å². The lowest BCUT2D eigenvalue weighted by molar-refractivity contribution is 0.935. The van der Waals surface area contributed by atoms with E-state index >= 15 is 0 Å². The first kappa shape index (κ1) is 14.3. The van der Waals surface area contributed by atoms with Crippen LogP contribution in [0.3, 0.4) is 0 Å². The molecule has 86 valence electrons. The normalized spacial score (nSPS) is 13.0. The lowest BCUT2D eigenvalue weighted by atomic mass is 10.4. The summed E-state index contributed by atoms with van der Waals surface area (Å²) >= 11 is 0. The average Bonchev–Trinajstić information content (AvgIpc) is 2.03. The maximum Gasteiger partial charge on any atom is -0.0266 e. The second-order valence-electron chi connectivity index (χ2n) is 5.15. The van der Waals surface area contributed by atoms with Gasteiger partial charge in [0.15, 0.2) is 0 Å². The molecular weight excluding hydrogens is 187 g/mol. The highest BCUT2D eigenvalue weighted by Gasteiger charge is 2.27. The smallest absolute Gasteiger partial charge is 0.0266 e. The van der Waals surface area contributed by atoms with Crippen LogP contribution in [0.25, 0.3) is 0 Å². The summed E-state index contributed by atoms with van der Waals surface area (Å²) in [4.78, 5) is 0. The molecule has 0 amide bonds. The Morgan fingerprint density at radius 1 is 0.857 bits per heavy atom. The molecule has 0 bridgehead atoms. The maximum atomic E-state index is 2.70. The molecule has 0 heterocycles. The molecule has 0 aliphatic carbocycles. The van der Waals surface area contributed by atoms with Crippen molar-refractivity contribution < 1.29 is 0 Å². The van der Waals surface area contributed by atoms with Gasteiger partial charge in [-0.2, -0.15) is 0 Å². The second-order valence-corrected chi connectivity index (χ2v) is 10.4. The first-order valence-electron chi connectivity index (χ1n) is 6.11. The second kappa shape index (κ2) is 6.01. The Morgan fingerprint density at radius 2 is 1.21 bits per heavy atom. The van der Waals surface area contributed by atoms with Crippen LogP contribution in [0.4, 0.5) is 0 Å². The van der Waals surface area contributed by atoms with Crippen LogP contribution in [-0.2, 0) is 0 Å². The van der Waals surface area contributed by atoms with Crippen molar-refractivity contribution in [3.63, 3.8) is 0 Å². The number of hydrogen-bond acceptors (Lipinski definition) is 0. The van der Waals surface area contributed by atoms with E-state index in [1.54, 1.807) is 0 Å². The van der Waals surface area contributed by atoms with Gasteiger partial charge < -0.3 is 0 Å². The predicted molar refractivity (Wildman–Crippen MR) is 73.3 cm³/mol. The van der Waals surface area contributed by atoms with Gasteiger partial charge in [-0.05, 0) is 23.4 Å². The summed E-state index contributed by atoms with van der Waals surface area (Å²) in [6, 6.07) is 0. The Bertz CT molecular complexity index is 171. The van der Waals surface area contributed by atoms with Crippen LogP contribution in [-0.4, -0.2) is 22.8 Å². The van der Waals surface area contributed by atoms with Gasteiger partial charge in [-0.25, -0.2) is 0 Å². The summed E-state index contributed by atoms with van der Waals surface area (Å²) in [7, 11) is 0. The fraction of sp³-hybridized carbons (Fsp3) is 0.923. The minimum atomic E-state index is -0.854. The van der Waals surface area contributed by atoms with Crippen LogP contribution < -0.4 is 0 Å². The highest BCUT2D eigenvalue weighted by molar-refractivity contribution is 7.76. The molecule has 0 radical (unpaired) electrons. The van der Waals surface area contributed by atoms with Gasteiger partial charge in [-0.1, -0.05) is 60.7 Å². The highest BCUT2D eigenvalue weighted by atomic mass is 31.2. The summed E-state index contributed by atoms with van der Waals surface area (Å²) < 4.78 is 0. The maximum absolute atomic E-state index is 2.70. The first-order valence-corrected chi connectivity index (χ1v) is 8.18. The molecule has 0 aromatic heterocycles. The van der Waals surface area contributed by atoms with E-state index in [0.717, 1.165) is 17.0 Å². The monoisotopic (exact) mass is 216 g/mol. The van der Waals surface area contributed by atoms with Crippen molar-refractivity contribution >= 4 is 12.7 Å². The fourth-order valence-electron chi connectivity index (χ4n) is 2.77. The molecule has 0 aliphatic rings. The van der Waals surface area contributed by atoms with Crippen molar-refractivity contribution in [2.75, 3.05) is 0 Å². The molecular formula is C13H29P. The lowest BCUT2D eigenvalue weighted by Gasteiger charge is -2.38. The van der Waals surface area contributed by atoms with E-state index in [1.165, 1.54) is 12.8 Å². The summed E-state index contributed by atoms with van der Waals surface area (Å²) in [6.07, 6.45) is 2.61. The summed E-state index contributed by atoms with van der Waals surface area (Å²) in [6.45, 7) is 15.9. The van der Waals surface area contributed by atoms with Gasteiger partial charge >= 0.3 is 0 Å². The summed E-state index contributed by atoms with van der Waals surface area (Å²) in [5.74, 6) is 2.70. The Kier molecular flexibility index (Phi) is 6.14. The average molecular weight is 216 g/mol. The van der Waals surface area contributed by atoms with Crippen molar-refractivity contribution in [3.05, 3.63) is 0 Å². The molecule has 0 N–H and O–H groups in total. The third-order valence-electron chi connectivity index (χ3n) is 3.42. The zero-order chi connectivity index (χ0) is 11.4. The zero-order valence-electron chi connectivity index (χ0n) is 11.2. The SMILES string of the molecule is CCCC=P(C(C)C)(C(C)C)C(C)C. The Labute approximate surface area is 91.5 Å². The first-order chi connectivity index (χ1) is 6.39. The Hall–Kier alpha value is 0.300. The largest absolute Gasteiger partial charge is 0.102 e. The Morgan fingerprint density at radius 3 is 1.43 bits per heavy atom. The van der Waals surface area contributed by atoms with E-state index in [4.69, 9.17) is 0 Å². The van der Waals surface area contributed by atoms with Crippen LogP contribution in [0.15, 0.2) is 0 Å². The molecule has 0 nitrogen and oxygen atoms in total. The minimum absolute atomic E-state index is 0.854. The van der Waals surface area contributed by atoms with Gasteiger partial charge in [0.2, 0.25) is 0 Å². The molecule has 0 saturated carbocycles. The molecule has 0 fully saturated rings. The molecule has 1 heteroatoms. The van der Waals surface area contributed by atoms with Crippen molar-refractivity contribution in [2.45, 2.75) is 78.3 Å².